The Kier molecular flexibility index (Phi) is 4.04. The third-order valence-electron chi connectivity index (χ3n) is 2.61. The molecule has 0 aromatic rings. The van der Waals surface area contributed by atoms with Gasteiger partial charge in [0.15, 0.2) is 0 Å². The van der Waals surface area contributed by atoms with Crippen LogP contribution in [0, 0.1) is 11.8 Å². The number of alkyl halides is 1. The number of rotatable bonds is 3. The Morgan fingerprint density at radius 2 is 2.31 bits per heavy atom. The summed E-state index contributed by atoms with van der Waals surface area (Å²) >= 11 is 5.67. The van der Waals surface area contributed by atoms with Gasteiger partial charge in [0.25, 0.3) is 0 Å². The smallest absolute Gasteiger partial charge is 0.225 e. The Labute approximate surface area is 85.2 Å². The summed E-state index contributed by atoms with van der Waals surface area (Å²) in [6.45, 7) is 5.76. The summed E-state index contributed by atoms with van der Waals surface area (Å²) < 4.78 is 0. The maximum absolute atomic E-state index is 11.6. The molecule has 0 aliphatic carbocycles. The Balaban J connectivity index is 2.36. The van der Waals surface area contributed by atoms with Crippen LogP contribution in [0.15, 0.2) is 0 Å². The highest BCUT2D eigenvalue weighted by Crippen LogP contribution is 2.21. The van der Waals surface area contributed by atoms with Crippen LogP contribution in [-0.2, 0) is 4.79 Å². The minimum atomic E-state index is 0.134. The molecular weight excluding hydrogens is 186 g/mol. The van der Waals surface area contributed by atoms with Crippen molar-refractivity contribution in [2.45, 2.75) is 26.7 Å². The van der Waals surface area contributed by atoms with E-state index in [1.165, 1.54) is 0 Å². The summed E-state index contributed by atoms with van der Waals surface area (Å²) in [5.74, 6) is 1.78. The van der Waals surface area contributed by atoms with Crippen LogP contribution in [0.4, 0.5) is 0 Å². The number of hydrogen-bond donors (Lipinski definition) is 0. The molecule has 0 spiro atoms. The molecule has 1 amide bonds. The lowest BCUT2D eigenvalue weighted by atomic mass is 10.1. The Morgan fingerprint density at radius 3 is 2.85 bits per heavy atom. The van der Waals surface area contributed by atoms with Gasteiger partial charge in [-0.2, -0.15) is 0 Å². The van der Waals surface area contributed by atoms with Gasteiger partial charge in [0.1, 0.15) is 0 Å². The zero-order valence-corrected chi connectivity index (χ0v) is 9.18. The van der Waals surface area contributed by atoms with E-state index in [4.69, 9.17) is 11.6 Å². The SMILES string of the molecule is CC(C)C(=O)N1CCC(CCCl)C1. The van der Waals surface area contributed by atoms with E-state index >= 15 is 0 Å². The van der Waals surface area contributed by atoms with E-state index in [1.807, 2.05) is 18.7 Å². The maximum atomic E-state index is 11.6. The largest absolute Gasteiger partial charge is 0.342 e. The number of likely N-dealkylation sites (tertiary alicyclic amines) is 1. The summed E-state index contributed by atoms with van der Waals surface area (Å²) in [6, 6.07) is 0. The molecule has 0 aromatic carbocycles. The lowest BCUT2D eigenvalue weighted by Gasteiger charge is -2.18. The van der Waals surface area contributed by atoms with Gasteiger partial charge in [-0.15, -0.1) is 11.6 Å². The molecule has 13 heavy (non-hydrogen) atoms. The molecule has 2 nitrogen and oxygen atoms in total. The van der Waals surface area contributed by atoms with Gasteiger partial charge in [0.05, 0.1) is 0 Å². The van der Waals surface area contributed by atoms with Crippen molar-refractivity contribution in [1.29, 1.82) is 0 Å². The van der Waals surface area contributed by atoms with Crippen LogP contribution in [-0.4, -0.2) is 29.8 Å². The lowest BCUT2D eigenvalue weighted by molar-refractivity contribution is -0.133. The van der Waals surface area contributed by atoms with Crippen molar-refractivity contribution in [2.75, 3.05) is 19.0 Å². The fourth-order valence-corrected chi connectivity index (χ4v) is 2.10. The normalized spacial score (nSPS) is 22.8. The number of hydrogen-bond acceptors (Lipinski definition) is 1. The van der Waals surface area contributed by atoms with Crippen molar-refractivity contribution in [2.24, 2.45) is 11.8 Å². The number of halogens is 1. The molecule has 1 rings (SSSR count). The van der Waals surface area contributed by atoms with Crippen molar-refractivity contribution >= 4 is 17.5 Å². The Morgan fingerprint density at radius 1 is 1.62 bits per heavy atom. The van der Waals surface area contributed by atoms with Crippen molar-refractivity contribution < 1.29 is 4.79 Å². The Hall–Kier alpha value is -0.240. The fourth-order valence-electron chi connectivity index (χ4n) is 1.79. The minimum Gasteiger partial charge on any atom is -0.342 e. The van der Waals surface area contributed by atoms with Gasteiger partial charge in [-0.25, -0.2) is 0 Å². The van der Waals surface area contributed by atoms with E-state index in [0.29, 0.717) is 11.8 Å². The van der Waals surface area contributed by atoms with Crippen LogP contribution in [0.2, 0.25) is 0 Å². The quantitative estimate of drug-likeness (QED) is 0.644. The molecule has 0 saturated carbocycles. The highest BCUT2D eigenvalue weighted by molar-refractivity contribution is 6.17. The molecule has 1 fully saturated rings. The summed E-state index contributed by atoms with van der Waals surface area (Å²) in [5, 5.41) is 0. The van der Waals surface area contributed by atoms with Gasteiger partial charge in [0.2, 0.25) is 5.91 Å². The average molecular weight is 204 g/mol. The number of amides is 1. The fraction of sp³-hybridized carbons (Fsp3) is 0.900. The van der Waals surface area contributed by atoms with Crippen LogP contribution in [0.25, 0.3) is 0 Å². The van der Waals surface area contributed by atoms with Crippen LogP contribution in [0.1, 0.15) is 26.7 Å². The van der Waals surface area contributed by atoms with E-state index in [2.05, 4.69) is 0 Å². The van der Waals surface area contributed by atoms with Crippen molar-refractivity contribution in [3.63, 3.8) is 0 Å². The monoisotopic (exact) mass is 203 g/mol. The second-order valence-electron chi connectivity index (χ2n) is 4.07. The molecule has 1 aliphatic rings. The van der Waals surface area contributed by atoms with Gasteiger partial charge >= 0.3 is 0 Å². The second kappa shape index (κ2) is 4.85. The van der Waals surface area contributed by atoms with Crippen LogP contribution >= 0.6 is 11.6 Å². The minimum absolute atomic E-state index is 0.134. The molecular formula is C10H18ClNO. The highest BCUT2D eigenvalue weighted by atomic mass is 35.5. The topological polar surface area (TPSA) is 20.3 Å². The lowest BCUT2D eigenvalue weighted by Crippen LogP contribution is -2.32. The number of carbonyl (C=O) groups is 1. The van der Waals surface area contributed by atoms with Gasteiger partial charge in [-0.1, -0.05) is 13.8 Å². The molecule has 0 N–H and O–H groups in total. The van der Waals surface area contributed by atoms with E-state index in [1.54, 1.807) is 0 Å². The van der Waals surface area contributed by atoms with E-state index < -0.39 is 0 Å². The molecule has 1 saturated heterocycles. The first-order valence-corrected chi connectivity index (χ1v) is 5.53. The van der Waals surface area contributed by atoms with E-state index in [-0.39, 0.29) is 11.8 Å². The highest BCUT2D eigenvalue weighted by Gasteiger charge is 2.26. The zero-order valence-electron chi connectivity index (χ0n) is 8.42. The molecule has 0 bridgehead atoms. The van der Waals surface area contributed by atoms with Gasteiger partial charge in [-0.05, 0) is 18.8 Å². The predicted molar refractivity (Wildman–Crippen MR) is 54.9 cm³/mol. The first-order chi connectivity index (χ1) is 6.15. The number of carbonyl (C=O) groups excluding carboxylic acids is 1. The molecule has 1 aliphatic heterocycles. The maximum Gasteiger partial charge on any atom is 0.225 e. The third kappa shape index (κ3) is 2.87. The van der Waals surface area contributed by atoms with Crippen molar-refractivity contribution in [1.82, 2.24) is 4.90 Å². The molecule has 3 heteroatoms. The molecule has 1 unspecified atom stereocenters. The summed E-state index contributed by atoms with van der Waals surface area (Å²) in [7, 11) is 0. The predicted octanol–water partition coefficient (Wildman–Crippen LogP) is 2.12. The van der Waals surface area contributed by atoms with Crippen LogP contribution in [0.3, 0.4) is 0 Å². The Bertz CT molecular complexity index is 182. The van der Waals surface area contributed by atoms with Crippen molar-refractivity contribution in [3.05, 3.63) is 0 Å². The summed E-state index contributed by atoms with van der Waals surface area (Å²) in [6.07, 6.45) is 2.18. The number of nitrogens with zero attached hydrogens (tertiary/aromatic N) is 1. The molecule has 0 radical (unpaired) electrons. The second-order valence-corrected chi connectivity index (χ2v) is 4.45. The van der Waals surface area contributed by atoms with E-state index in [9.17, 15) is 4.79 Å². The van der Waals surface area contributed by atoms with Crippen LogP contribution in [0.5, 0.6) is 0 Å². The summed E-state index contributed by atoms with van der Waals surface area (Å²) in [4.78, 5) is 13.6. The van der Waals surface area contributed by atoms with Crippen LogP contribution < -0.4 is 0 Å². The summed E-state index contributed by atoms with van der Waals surface area (Å²) in [5.41, 5.74) is 0. The van der Waals surface area contributed by atoms with Gasteiger partial charge in [0, 0.05) is 24.9 Å². The first-order valence-electron chi connectivity index (χ1n) is 5.00. The molecule has 1 heterocycles. The standard InChI is InChI=1S/C10H18ClNO/c1-8(2)10(13)12-6-4-9(7-12)3-5-11/h8-9H,3-7H2,1-2H3. The van der Waals surface area contributed by atoms with Gasteiger partial charge < -0.3 is 4.90 Å². The zero-order chi connectivity index (χ0) is 9.84. The third-order valence-corrected chi connectivity index (χ3v) is 2.83. The average Bonchev–Trinajstić information content (AvgIpc) is 2.52. The molecule has 1 atom stereocenters. The molecule has 0 aromatic heterocycles. The molecule has 76 valence electrons. The van der Waals surface area contributed by atoms with E-state index in [0.717, 1.165) is 25.9 Å². The van der Waals surface area contributed by atoms with Gasteiger partial charge in [-0.3, -0.25) is 4.79 Å². The first kappa shape index (κ1) is 10.8. The van der Waals surface area contributed by atoms with Crippen molar-refractivity contribution in [3.8, 4) is 0 Å².